The first-order valence-electron chi connectivity index (χ1n) is 6.98. The van der Waals surface area contributed by atoms with Crippen LogP contribution < -0.4 is 5.32 Å². The van der Waals surface area contributed by atoms with Crippen molar-refractivity contribution in [2.45, 2.75) is 25.8 Å². The van der Waals surface area contributed by atoms with Crippen molar-refractivity contribution in [3.8, 4) is 0 Å². The van der Waals surface area contributed by atoms with Crippen LogP contribution >= 0.6 is 0 Å². The highest BCUT2D eigenvalue weighted by molar-refractivity contribution is 5.92. The zero-order chi connectivity index (χ0) is 13.2. The summed E-state index contributed by atoms with van der Waals surface area (Å²) in [5.74, 6) is 0.549. The molecule has 3 rings (SSSR count). The molecule has 0 spiro atoms. The summed E-state index contributed by atoms with van der Waals surface area (Å²) in [4.78, 5) is 12.4. The quantitative estimate of drug-likeness (QED) is 0.911. The Bertz CT molecular complexity index is 600. The molecule has 2 aromatic carbocycles. The van der Waals surface area contributed by atoms with Crippen molar-refractivity contribution in [1.82, 2.24) is 5.32 Å². The van der Waals surface area contributed by atoms with Gasteiger partial charge in [0.05, 0.1) is 0 Å². The molecule has 2 atom stereocenters. The van der Waals surface area contributed by atoms with Crippen molar-refractivity contribution in [3.05, 3.63) is 48.0 Å². The van der Waals surface area contributed by atoms with Crippen LogP contribution in [0.5, 0.6) is 0 Å². The molecule has 0 radical (unpaired) electrons. The Labute approximate surface area is 113 Å². The molecule has 1 saturated heterocycles. The third-order valence-electron chi connectivity index (χ3n) is 4.18. The van der Waals surface area contributed by atoms with Gasteiger partial charge in [-0.2, -0.15) is 0 Å². The number of carbonyl (C=O) groups is 1. The molecule has 1 fully saturated rings. The number of ketones is 1. The number of rotatable bonds is 3. The van der Waals surface area contributed by atoms with Crippen molar-refractivity contribution < 1.29 is 4.79 Å². The zero-order valence-electron chi connectivity index (χ0n) is 11.2. The van der Waals surface area contributed by atoms with Gasteiger partial charge in [0.2, 0.25) is 0 Å². The molecule has 2 nitrogen and oxygen atoms in total. The number of nitrogens with one attached hydrogen (secondary N) is 1. The molecule has 19 heavy (non-hydrogen) atoms. The monoisotopic (exact) mass is 253 g/mol. The van der Waals surface area contributed by atoms with Crippen LogP contribution in [-0.4, -0.2) is 18.4 Å². The van der Waals surface area contributed by atoms with E-state index >= 15 is 0 Å². The highest BCUT2D eigenvalue weighted by Crippen LogP contribution is 2.23. The van der Waals surface area contributed by atoms with Gasteiger partial charge in [-0.3, -0.25) is 4.79 Å². The topological polar surface area (TPSA) is 29.1 Å². The molecule has 0 aromatic heterocycles. The molecule has 0 amide bonds. The van der Waals surface area contributed by atoms with E-state index < -0.39 is 0 Å². The summed E-state index contributed by atoms with van der Waals surface area (Å²) in [5.41, 5.74) is 1.15. The normalized spacial score (nSPS) is 22.8. The average Bonchev–Trinajstić information content (AvgIpc) is 2.85. The molecule has 1 N–H and O–H groups in total. The van der Waals surface area contributed by atoms with Crippen LogP contribution in [0.3, 0.4) is 0 Å². The maximum Gasteiger partial charge on any atom is 0.141 e. The van der Waals surface area contributed by atoms with E-state index in [0.29, 0.717) is 18.2 Å². The van der Waals surface area contributed by atoms with Crippen molar-refractivity contribution in [2.24, 2.45) is 5.92 Å². The number of fused-ring (bicyclic) bond motifs is 1. The van der Waals surface area contributed by atoms with Crippen LogP contribution in [0.25, 0.3) is 10.8 Å². The van der Waals surface area contributed by atoms with Crippen LogP contribution in [0, 0.1) is 5.92 Å². The van der Waals surface area contributed by atoms with Crippen LogP contribution in [0.2, 0.25) is 0 Å². The van der Waals surface area contributed by atoms with Crippen LogP contribution in [0.1, 0.15) is 18.9 Å². The van der Waals surface area contributed by atoms with E-state index in [0.717, 1.165) is 18.5 Å². The average molecular weight is 253 g/mol. The van der Waals surface area contributed by atoms with Gasteiger partial charge in [0.15, 0.2) is 0 Å². The van der Waals surface area contributed by atoms with E-state index in [1.165, 1.54) is 10.8 Å². The smallest absolute Gasteiger partial charge is 0.141 e. The first kappa shape index (κ1) is 12.4. The summed E-state index contributed by atoms with van der Waals surface area (Å²) in [7, 11) is 0. The minimum absolute atomic E-state index is 0.180. The van der Waals surface area contributed by atoms with Crippen LogP contribution in [-0.2, 0) is 11.2 Å². The van der Waals surface area contributed by atoms with E-state index in [1.54, 1.807) is 0 Å². The van der Waals surface area contributed by atoms with Gasteiger partial charge in [-0.15, -0.1) is 0 Å². The van der Waals surface area contributed by atoms with E-state index in [-0.39, 0.29) is 5.92 Å². The fourth-order valence-electron chi connectivity index (χ4n) is 3.06. The van der Waals surface area contributed by atoms with Crippen molar-refractivity contribution in [1.29, 1.82) is 0 Å². The molecular weight excluding hydrogens is 234 g/mol. The van der Waals surface area contributed by atoms with Crippen molar-refractivity contribution in [3.63, 3.8) is 0 Å². The highest BCUT2D eigenvalue weighted by atomic mass is 16.1. The first-order chi connectivity index (χ1) is 9.25. The number of benzene rings is 2. The summed E-state index contributed by atoms with van der Waals surface area (Å²) in [6.45, 7) is 3.08. The fourth-order valence-corrected chi connectivity index (χ4v) is 3.06. The van der Waals surface area contributed by atoms with Gasteiger partial charge >= 0.3 is 0 Å². The third kappa shape index (κ3) is 2.41. The summed E-state index contributed by atoms with van der Waals surface area (Å²) < 4.78 is 0. The minimum Gasteiger partial charge on any atom is -0.314 e. The molecule has 2 unspecified atom stereocenters. The molecule has 2 heteroatoms. The van der Waals surface area contributed by atoms with Crippen molar-refractivity contribution >= 4 is 16.6 Å². The van der Waals surface area contributed by atoms with Gasteiger partial charge in [0, 0.05) is 18.4 Å². The Hall–Kier alpha value is -1.67. The molecular formula is C17H19NO. The minimum atomic E-state index is 0.180. The maximum absolute atomic E-state index is 12.4. The summed E-state index contributed by atoms with van der Waals surface area (Å²) in [6, 6.07) is 14.8. The van der Waals surface area contributed by atoms with Crippen molar-refractivity contribution in [2.75, 3.05) is 6.54 Å². The first-order valence-corrected chi connectivity index (χ1v) is 6.98. The Morgan fingerprint density at radius 3 is 2.79 bits per heavy atom. The lowest BCUT2D eigenvalue weighted by Gasteiger charge is -2.14. The van der Waals surface area contributed by atoms with Gasteiger partial charge in [-0.25, -0.2) is 0 Å². The number of hydrogen-bond donors (Lipinski definition) is 1. The Kier molecular flexibility index (Phi) is 3.34. The molecule has 1 heterocycles. The summed E-state index contributed by atoms with van der Waals surface area (Å²) in [5, 5.41) is 5.77. The lowest BCUT2D eigenvalue weighted by atomic mass is 9.91. The molecule has 2 aromatic rings. The van der Waals surface area contributed by atoms with Gasteiger partial charge in [-0.05, 0) is 36.2 Å². The van der Waals surface area contributed by atoms with E-state index in [2.05, 4.69) is 36.5 Å². The van der Waals surface area contributed by atoms with E-state index in [4.69, 9.17) is 0 Å². The molecule has 1 aliphatic heterocycles. The lowest BCUT2D eigenvalue weighted by Crippen LogP contribution is -2.29. The Morgan fingerprint density at radius 1 is 1.21 bits per heavy atom. The second kappa shape index (κ2) is 5.14. The molecule has 0 saturated carbocycles. The predicted octanol–water partition coefficient (Wildman–Crippen LogP) is 2.95. The number of Topliss-reactive ketones (excluding diaryl/α,β-unsaturated/α-hetero) is 1. The Balaban J connectivity index is 1.87. The second-order valence-electron chi connectivity index (χ2n) is 5.42. The Morgan fingerprint density at radius 2 is 2.00 bits per heavy atom. The highest BCUT2D eigenvalue weighted by Gasteiger charge is 2.29. The van der Waals surface area contributed by atoms with E-state index in [9.17, 15) is 4.79 Å². The molecule has 98 valence electrons. The predicted molar refractivity (Wildman–Crippen MR) is 78.2 cm³/mol. The van der Waals surface area contributed by atoms with Gasteiger partial charge in [-0.1, -0.05) is 42.5 Å². The van der Waals surface area contributed by atoms with Crippen LogP contribution in [0.4, 0.5) is 0 Å². The number of hydrogen-bond acceptors (Lipinski definition) is 2. The fraction of sp³-hybridized carbons (Fsp3) is 0.353. The summed E-state index contributed by atoms with van der Waals surface area (Å²) in [6.07, 6.45) is 1.53. The standard InChI is InChI=1S/C17H19NO/c1-12-15(9-10-18-12)17(19)11-14-7-4-6-13-5-2-3-8-16(13)14/h2-8,12,15,18H,9-11H2,1H3. The van der Waals surface area contributed by atoms with Gasteiger partial charge in [0.1, 0.15) is 5.78 Å². The summed E-state index contributed by atoms with van der Waals surface area (Å²) >= 11 is 0. The molecule has 1 aliphatic rings. The molecule has 0 bridgehead atoms. The number of carbonyl (C=O) groups excluding carboxylic acids is 1. The van der Waals surface area contributed by atoms with Gasteiger partial charge < -0.3 is 5.32 Å². The van der Waals surface area contributed by atoms with E-state index in [1.807, 2.05) is 18.2 Å². The zero-order valence-corrected chi connectivity index (χ0v) is 11.2. The lowest BCUT2D eigenvalue weighted by molar-refractivity contribution is -0.122. The van der Waals surface area contributed by atoms with Crippen LogP contribution in [0.15, 0.2) is 42.5 Å². The second-order valence-corrected chi connectivity index (χ2v) is 5.42. The molecule has 0 aliphatic carbocycles. The largest absolute Gasteiger partial charge is 0.314 e. The van der Waals surface area contributed by atoms with Gasteiger partial charge in [0.25, 0.3) is 0 Å². The third-order valence-corrected chi connectivity index (χ3v) is 4.18. The SMILES string of the molecule is CC1NCCC1C(=O)Cc1cccc2ccccc12. The maximum atomic E-state index is 12.4.